The van der Waals surface area contributed by atoms with Crippen molar-refractivity contribution in [3.05, 3.63) is 40.1 Å². The first-order valence-electron chi connectivity index (χ1n) is 9.86. The van der Waals surface area contributed by atoms with Crippen molar-refractivity contribution in [2.45, 2.75) is 57.7 Å². The summed E-state index contributed by atoms with van der Waals surface area (Å²) in [7, 11) is 0. The fourth-order valence-electron chi connectivity index (χ4n) is 2.77. The lowest BCUT2D eigenvalue weighted by molar-refractivity contribution is -0.115. The van der Waals surface area contributed by atoms with Gasteiger partial charge in [0.2, 0.25) is 11.0 Å². The number of benzene rings is 1. The summed E-state index contributed by atoms with van der Waals surface area (Å²) in [4.78, 5) is 12.6. The van der Waals surface area contributed by atoms with Crippen LogP contribution in [-0.2, 0) is 11.3 Å². The molecule has 166 valence electrons. The highest BCUT2D eigenvalue weighted by atomic mass is 35.5. The molecule has 0 aliphatic rings. The number of carbonyl (C=O) groups excluding carboxylic acids is 1. The largest absolute Gasteiger partial charge is 0.481 e. The molecular weight excluding hydrogens is 456 g/mol. The van der Waals surface area contributed by atoms with E-state index < -0.39 is 5.25 Å². The Hall–Kier alpha value is -2.17. The molecule has 11 heteroatoms. The second-order valence-electron chi connectivity index (χ2n) is 7.41. The second kappa shape index (κ2) is 10.4. The summed E-state index contributed by atoms with van der Waals surface area (Å²) in [5.74, 6) is 1.46. The number of aryl methyl sites for hydroxylation is 1. The molecule has 2 unspecified atom stereocenters. The molecule has 2 aromatic heterocycles. The maximum absolute atomic E-state index is 12.6. The van der Waals surface area contributed by atoms with Crippen LogP contribution in [0.2, 0.25) is 5.02 Å². The maximum atomic E-state index is 12.6. The van der Waals surface area contributed by atoms with Gasteiger partial charge in [-0.1, -0.05) is 60.7 Å². The molecule has 0 fully saturated rings. The highest BCUT2D eigenvalue weighted by molar-refractivity contribution is 8.00. The van der Waals surface area contributed by atoms with Gasteiger partial charge in [0.25, 0.3) is 0 Å². The van der Waals surface area contributed by atoms with E-state index in [-0.39, 0.29) is 12.0 Å². The average Bonchev–Trinajstić information content (AvgIpc) is 3.29. The minimum atomic E-state index is -0.396. The van der Waals surface area contributed by atoms with Gasteiger partial charge in [0.1, 0.15) is 10.8 Å². The molecule has 0 spiro atoms. The van der Waals surface area contributed by atoms with E-state index in [1.165, 1.54) is 23.1 Å². The van der Waals surface area contributed by atoms with Gasteiger partial charge in [-0.3, -0.25) is 10.1 Å². The minimum absolute atomic E-state index is 0.165. The van der Waals surface area contributed by atoms with Crippen LogP contribution in [0.25, 0.3) is 0 Å². The number of amides is 1. The summed E-state index contributed by atoms with van der Waals surface area (Å²) >= 11 is 8.92. The molecule has 2 heterocycles. The van der Waals surface area contributed by atoms with E-state index in [0.717, 1.165) is 5.01 Å². The van der Waals surface area contributed by atoms with Gasteiger partial charge in [0.05, 0.1) is 10.3 Å². The average molecular weight is 481 g/mol. The molecule has 1 amide bonds. The standard InChI is InChI=1S/C20H25ClN6O2S2/c1-11(2)10-27-17(12(3)29-16-9-7-6-8-15(16)21)24-26-20(27)30-13(4)18(28)22-19-25-23-14(5)31-19/h6-9,11-13H,10H2,1-5H3,(H,22,25,28). The van der Waals surface area contributed by atoms with Crippen molar-refractivity contribution in [3.8, 4) is 5.75 Å². The molecule has 3 aromatic rings. The summed E-state index contributed by atoms with van der Waals surface area (Å²) in [5.41, 5.74) is 0. The molecule has 0 aliphatic carbocycles. The Morgan fingerprint density at radius 2 is 1.94 bits per heavy atom. The van der Waals surface area contributed by atoms with Crippen LogP contribution in [0.15, 0.2) is 29.4 Å². The number of ether oxygens (including phenoxy) is 1. The Balaban J connectivity index is 1.76. The van der Waals surface area contributed by atoms with Crippen molar-refractivity contribution in [1.29, 1.82) is 0 Å². The molecule has 0 radical (unpaired) electrons. The quantitative estimate of drug-likeness (QED) is 0.430. The molecule has 31 heavy (non-hydrogen) atoms. The van der Waals surface area contributed by atoms with Gasteiger partial charge in [0.15, 0.2) is 17.1 Å². The number of carbonyl (C=O) groups is 1. The summed E-state index contributed by atoms with van der Waals surface area (Å²) in [6.07, 6.45) is -0.367. The minimum Gasteiger partial charge on any atom is -0.481 e. The van der Waals surface area contributed by atoms with Gasteiger partial charge in [0, 0.05) is 6.54 Å². The van der Waals surface area contributed by atoms with Crippen LogP contribution in [-0.4, -0.2) is 36.1 Å². The van der Waals surface area contributed by atoms with Gasteiger partial charge >= 0.3 is 0 Å². The van der Waals surface area contributed by atoms with Crippen molar-refractivity contribution in [2.24, 2.45) is 5.92 Å². The van der Waals surface area contributed by atoms with Crippen molar-refractivity contribution in [2.75, 3.05) is 5.32 Å². The lowest BCUT2D eigenvalue weighted by atomic mass is 10.2. The first-order valence-corrected chi connectivity index (χ1v) is 11.9. The highest BCUT2D eigenvalue weighted by Crippen LogP contribution is 2.31. The maximum Gasteiger partial charge on any atom is 0.239 e. The number of nitrogens with zero attached hydrogens (tertiary/aromatic N) is 5. The van der Waals surface area contributed by atoms with E-state index in [2.05, 4.69) is 39.6 Å². The van der Waals surface area contributed by atoms with Gasteiger partial charge in [-0.25, -0.2) is 0 Å². The van der Waals surface area contributed by atoms with Crippen LogP contribution in [0.1, 0.15) is 44.6 Å². The molecule has 2 atom stereocenters. The molecular formula is C20H25ClN6O2S2. The molecule has 0 saturated heterocycles. The Bertz CT molecular complexity index is 1040. The highest BCUT2D eigenvalue weighted by Gasteiger charge is 2.24. The zero-order chi connectivity index (χ0) is 22.5. The number of hydrogen-bond acceptors (Lipinski definition) is 8. The van der Waals surface area contributed by atoms with Crippen molar-refractivity contribution < 1.29 is 9.53 Å². The van der Waals surface area contributed by atoms with E-state index in [9.17, 15) is 4.79 Å². The van der Waals surface area contributed by atoms with Crippen molar-refractivity contribution in [3.63, 3.8) is 0 Å². The number of thioether (sulfide) groups is 1. The lowest BCUT2D eigenvalue weighted by Crippen LogP contribution is -2.23. The normalized spacial score (nSPS) is 13.3. The Labute approximate surface area is 194 Å². The predicted octanol–water partition coefficient (Wildman–Crippen LogP) is 5.01. The third kappa shape index (κ3) is 6.18. The van der Waals surface area contributed by atoms with Crippen LogP contribution in [0.3, 0.4) is 0 Å². The van der Waals surface area contributed by atoms with Crippen LogP contribution >= 0.6 is 34.7 Å². The van der Waals surface area contributed by atoms with Crippen LogP contribution < -0.4 is 10.1 Å². The van der Waals surface area contributed by atoms with E-state index in [1.54, 1.807) is 6.07 Å². The number of para-hydroxylation sites is 1. The lowest BCUT2D eigenvalue weighted by Gasteiger charge is -2.19. The SMILES string of the molecule is Cc1nnc(NC(=O)C(C)Sc2nnc(C(C)Oc3ccccc3Cl)n2CC(C)C)s1. The molecule has 0 aliphatic heterocycles. The van der Waals surface area contributed by atoms with Crippen LogP contribution in [0.4, 0.5) is 5.13 Å². The number of nitrogens with one attached hydrogen (secondary N) is 1. The Morgan fingerprint density at radius 1 is 1.19 bits per heavy atom. The van der Waals surface area contributed by atoms with E-state index >= 15 is 0 Å². The fourth-order valence-corrected chi connectivity index (χ4v) is 4.41. The first-order chi connectivity index (χ1) is 14.7. The number of rotatable bonds is 9. The van der Waals surface area contributed by atoms with E-state index in [0.29, 0.717) is 39.3 Å². The molecule has 3 rings (SSSR count). The second-order valence-corrected chi connectivity index (χ2v) is 10.3. The van der Waals surface area contributed by atoms with Gasteiger partial charge < -0.3 is 9.30 Å². The Morgan fingerprint density at radius 3 is 2.58 bits per heavy atom. The van der Waals surface area contributed by atoms with Crippen molar-refractivity contribution >= 4 is 45.7 Å². The van der Waals surface area contributed by atoms with Gasteiger partial charge in [-0.2, -0.15) is 0 Å². The summed E-state index contributed by atoms with van der Waals surface area (Å²) in [5, 5.41) is 21.5. The zero-order valence-corrected chi connectivity index (χ0v) is 20.4. The van der Waals surface area contributed by atoms with Gasteiger partial charge in [-0.15, -0.1) is 20.4 Å². The summed E-state index contributed by atoms with van der Waals surface area (Å²) in [6.45, 7) is 10.5. The first kappa shape index (κ1) is 23.5. The topological polar surface area (TPSA) is 94.8 Å². The summed E-state index contributed by atoms with van der Waals surface area (Å²) < 4.78 is 8.05. The van der Waals surface area contributed by atoms with E-state index in [1.807, 2.05) is 43.5 Å². The van der Waals surface area contributed by atoms with Crippen LogP contribution in [0, 0.1) is 12.8 Å². The molecule has 1 N–H and O–H groups in total. The summed E-state index contributed by atoms with van der Waals surface area (Å²) in [6, 6.07) is 7.32. The number of aromatic nitrogens is 5. The molecule has 0 bridgehead atoms. The molecule has 8 nitrogen and oxygen atoms in total. The Kier molecular flexibility index (Phi) is 7.90. The third-order valence-corrected chi connectivity index (χ3v) is 6.35. The van der Waals surface area contributed by atoms with Gasteiger partial charge in [-0.05, 0) is 38.8 Å². The third-order valence-electron chi connectivity index (χ3n) is 4.20. The predicted molar refractivity (Wildman–Crippen MR) is 124 cm³/mol. The molecule has 0 saturated carbocycles. The number of anilines is 1. The van der Waals surface area contributed by atoms with Crippen LogP contribution in [0.5, 0.6) is 5.75 Å². The smallest absolute Gasteiger partial charge is 0.239 e. The monoisotopic (exact) mass is 480 g/mol. The zero-order valence-electron chi connectivity index (χ0n) is 18.0. The van der Waals surface area contributed by atoms with Crippen molar-refractivity contribution in [1.82, 2.24) is 25.0 Å². The molecule has 1 aromatic carbocycles. The van der Waals surface area contributed by atoms with E-state index in [4.69, 9.17) is 16.3 Å². The number of halogens is 1. The number of hydrogen-bond donors (Lipinski definition) is 1. The fraction of sp³-hybridized carbons (Fsp3) is 0.450.